The third kappa shape index (κ3) is 4.09. The van der Waals surface area contributed by atoms with Crippen molar-refractivity contribution in [2.45, 2.75) is 45.3 Å². The number of hydrogen-bond donors (Lipinski definition) is 1. The van der Waals surface area contributed by atoms with Gasteiger partial charge in [-0.05, 0) is 33.6 Å². The fourth-order valence-electron chi connectivity index (χ4n) is 2.23. The molecule has 0 fully saturated rings. The van der Waals surface area contributed by atoms with Crippen molar-refractivity contribution < 1.29 is 19.1 Å². The van der Waals surface area contributed by atoms with E-state index in [4.69, 9.17) is 4.74 Å². The molecule has 1 atom stereocenters. The lowest BCUT2D eigenvalue weighted by molar-refractivity contribution is -0.134. The lowest BCUT2D eigenvalue weighted by atomic mass is 10.2. The van der Waals surface area contributed by atoms with Crippen molar-refractivity contribution >= 4 is 17.9 Å². The molecule has 1 N–H and O–H groups in total. The molecule has 0 aromatic carbocycles. The Morgan fingerprint density at radius 2 is 2.18 bits per heavy atom. The maximum absolute atomic E-state index is 11.7. The lowest BCUT2D eigenvalue weighted by Gasteiger charge is -2.19. The van der Waals surface area contributed by atoms with Gasteiger partial charge in [0.25, 0.3) is 0 Å². The smallest absolute Gasteiger partial charge is 0.413 e. The third-order valence-corrected chi connectivity index (χ3v) is 3.11. The first-order valence-electron chi connectivity index (χ1n) is 7.13. The Labute approximate surface area is 129 Å². The van der Waals surface area contributed by atoms with Gasteiger partial charge in [-0.2, -0.15) is 5.10 Å². The molecule has 0 spiro atoms. The summed E-state index contributed by atoms with van der Waals surface area (Å²) in [6, 6.07) is 1.80. The van der Waals surface area contributed by atoms with Crippen LogP contribution < -0.4 is 5.32 Å². The molecule has 22 heavy (non-hydrogen) atoms. The van der Waals surface area contributed by atoms with Crippen LogP contribution in [0.1, 0.15) is 38.9 Å². The number of nitrogens with one attached hydrogen (secondary N) is 1. The number of amides is 1. The number of rotatable bonds is 3. The van der Waals surface area contributed by atoms with E-state index in [9.17, 15) is 9.59 Å². The summed E-state index contributed by atoms with van der Waals surface area (Å²) in [7, 11) is 1.34. The molecule has 1 amide bonds. The number of carbonyl (C=O) groups is 2. The summed E-state index contributed by atoms with van der Waals surface area (Å²) in [5, 5.41) is 6.96. The quantitative estimate of drug-likeness (QED) is 0.685. The number of carbonyl (C=O) groups excluding carboxylic acids is 2. The van der Waals surface area contributed by atoms with Crippen LogP contribution in [0.4, 0.5) is 10.6 Å². The molecular weight excluding hydrogens is 286 g/mol. The summed E-state index contributed by atoms with van der Waals surface area (Å²) < 4.78 is 11.6. The van der Waals surface area contributed by atoms with E-state index in [0.717, 1.165) is 18.5 Å². The van der Waals surface area contributed by atoms with Crippen molar-refractivity contribution in [1.29, 1.82) is 0 Å². The number of aryl methyl sites for hydroxylation is 1. The van der Waals surface area contributed by atoms with Gasteiger partial charge in [-0.15, -0.1) is 0 Å². The molecule has 0 radical (unpaired) electrons. The Bertz CT molecular complexity index is 598. The number of allylic oxidation sites excluding steroid dienone is 1. The standard InChI is InChI=1S/C15H21N3O4/c1-15(2,3)22-14(20)16-12-9-11-6-5-10(18(11)17-12)7-8-13(19)21-4/h7-10H,5-6H2,1-4H3,(H,16,17,20). The Morgan fingerprint density at radius 3 is 2.82 bits per heavy atom. The van der Waals surface area contributed by atoms with E-state index < -0.39 is 17.7 Å². The topological polar surface area (TPSA) is 82.4 Å². The largest absolute Gasteiger partial charge is 0.466 e. The van der Waals surface area contributed by atoms with Gasteiger partial charge in [0.2, 0.25) is 0 Å². The number of methoxy groups -OCH3 is 1. The number of aromatic nitrogens is 2. The summed E-state index contributed by atoms with van der Waals surface area (Å²) >= 11 is 0. The predicted molar refractivity (Wildman–Crippen MR) is 80.6 cm³/mol. The zero-order chi connectivity index (χ0) is 16.3. The van der Waals surface area contributed by atoms with Crippen LogP contribution in [0.3, 0.4) is 0 Å². The number of ether oxygens (including phenoxy) is 2. The molecule has 2 rings (SSSR count). The first-order chi connectivity index (χ1) is 10.3. The Kier molecular flexibility index (Phi) is 4.54. The Balaban J connectivity index is 2.03. The van der Waals surface area contributed by atoms with Gasteiger partial charge in [0.05, 0.1) is 13.2 Å². The van der Waals surface area contributed by atoms with E-state index in [-0.39, 0.29) is 6.04 Å². The van der Waals surface area contributed by atoms with Crippen molar-refractivity contribution in [3.8, 4) is 0 Å². The second-order valence-corrected chi connectivity index (χ2v) is 6.08. The Hall–Kier alpha value is -2.31. The highest BCUT2D eigenvalue weighted by Crippen LogP contribution is 2.28. The second kappa shape index (κ2) is 6.21. The minimum absolute atomic E-state index is 0.0108. The summed E-state index contributed by atoms with van der Waals surface area (Å²) in [4.78, 5) is 22.9. The average Bonchev–Trinajstić information content (AvgIpc) is 2.93. The molecule has 1 aromatic heterocycles. The monoisotopic (exact) mass is 307 g/mol. The molecule has 0 saturated heterocycles. The van der Waals surface area contributed by atoms with E-state index in [1.54, 1.807) is 31.5 Å². The molecule has 1 aliphatic rings. The van der Waals surface area contributed by atoms with Crippen molar-refractivity contribution in [2.24, 2.45) is 0 Å². The highest BCUT2D eigenvalue weighted by Gasteiger charge is 2.24. The van der Waals surface area contributed by atoms with Crippen LogP contribution in [0.15, 0.2) is 18.2 Å². The van der Waals surface area contributed by atoms with Crippen LogP contribution in [-0.4, -0.2) is 34.6 Å². The van der Waals surface area contributed by atoms with Gasteiger partial charge >= 0.3 is 12.1 Å². The molecule has 1 aliphatic heterocycles. The van der Waals surface area contributed by atoms with Crippen molar-refractivity contribution in [3.63, 3.8) is 0 Å². The van der Waals surface area contributed by atoms with E-state index in [2.05, 4.69) is 15.2 Å². The maximum Gasteiger partial charge on any atom is 0.413 e. The number of hydrogen-bond acceptors (Lipinski definition) is 5. The zero-order valence-corrected chi connectivity index (χ0v) is 13.3. The summed E-state index contributed by atoms with van der Waals surface area (Å²) in [6.45, 7) is 5.40. The van der Waals surface area contributed by atoms with E-state index >= 15 is 0 Å². The van der Waals surface area contributed by atoms with Crippen LogP contribution in [0.2, 0.25) is 0 Å². The van der Waals surface area contributed by atoms with Crippen LogP contribution in [0, 0.1) is 0 Å². The lowest BCUT2D eigenvalue weighted by Crippen LogP contribution is -2.27. The number of fused-ring (bicyclic) bond motifs is 1. The molecule has 7 nitrogen and oxygen atoms in total. The predicted octanol–water partition coefficient (Wildman–Crippen LogP) is 2.45. The SMILES string of the molecule is COC(=O)C=CC1CCc2cc(NC(=O)OC(C)(C)C)nn21. The number of esters is 1. The minimum atomic E-state index is -0.557. The molecule has 2 heterocycles. The molecule has 0 saturated carbocycles. The summed E-state index contributed by atoms with van der Waals surface area (Å²) in [5.41, 5.74) is 0.448. The van der Waals surface area contributed by atoms with Crippen LogP contribution in [-0.2, 0) is 20.7 Å². The van der Waals surface area contributed by atoms with Crippen LogP contribution in [0.25, 0.3) is 0 Å². The fraction of sp³-hybridized carbons (Fsp3) is 0.533. The van der Waals surface area contributed by atoms with Crippen LogP contribution in [0.5, 0.6) is 0 Å². The first kappa shape index (κ1) is 16.1. The van der Waals surface area contributed by atoms with Crippen molar-refractivity contribution in [1.82, 2.24) is 9.78 Å². The summed E-state index contributed by atoms with van der Waals surface area (Å²) in [6.07, 6.45) is 4.31. The molecule has 7 heteroatoms. The van der Waals surface area contributed by atoms with Gasteiger partial charge in [0.15, 0.2) is 5.82 Å². The van der Waals surface area contributed by atoms with E-state index in [0.29, 0.717) is 5.82 Å². The van der Waals surface area contributed by atoms with Gasteiger partial charge in [-0.25, -0.2) is 9.59 Å². The molecular formula is C15H21N3O4. The average molecular weight is 307 g/mol. The minimum Gasteiger partial charge on any atom is -0.466 e. The second-order valence-electron chi connectivity index (χ2n) is 6.08. The molecule has 120 valence electrons. The number of anilines is 1. The molecule has 0 bridgehead atoms. The molecule has 1 unspecified atom stereocenters. The van der Waals surface area contributed by atoms with Crippen molar-refractivity contribution in [3.05, 3.63) is 23.9 Å². The first-order valence-corrected chi connectivity index (χ1v) is 7.13. The van der Waals surface area contributed by atoms with Gasteiger partial charge in [-0.1, -0.05) is 6.08 Å². The molecule has 0 aliphatic carbocycles. The normalized spacial score (nSPS) is 17.4. The van der Waals surface area contributed by atoms with Gasteiger partial charge in [-0.3, -0.25) is 10.00 Å². The Morgan fingerprint density at radius 1 is 1.45 bits per heavy atom. The van der Waals surface area contributed by atoms with E-state index in [1.807, 2.05) is 6.07 Å². The maximum atomic E-state index is 11.7. The zero-order valence-electron chi connectivity index (χ0n) is 13.3. The van der Waals surface area contributed by atoms with Gasteiger partial charge < -0.3 is 9.47 Å². The van der Waals surface area contributed by atoms with Gasteiger partial charge in [0, 0.05) is 17.8 Å². The fourth-order valence-corrected chi connectivity index (χ4v) is 2.23. The summed E-state index contributed by atoms with van der Waals surface area (Å²) in [5.74, 6) is 0.0492. The van der Waals surface area contributed by atoms with Crippen molar-refractivity contribution in [2.75, 3.05) is 12.4 Å². The third-order valence-electron chi connectivity index (χ3n) is 3.11. The van der Waals surface area contributed by atoms with E-state index in [1.165, 1.54) is 13.2 Å². The highest BCUT2D eigenvalue weighted by atomic mass is 16.6. The number of nitrogens with zero attached hydrogens (tertiary/aromatic N) is 2. The highest BCUT2D eigenvalue weighted by molar-refractivity contribution is 5.83. The van der Waals surface area contributed by atoms with Crippen LogP contribution >= 0.6 is 0 Å². The van der Waals surface area contributed by atoms with Gasteiger partial charge in [0.1, 0.15) is 5.60 Å². The molecule has 1 aromatic rings.